The molecule has 0 fully saturated rings. The molecule has 20 heavy (non-hydrogen) atoms. The van der Waals surface area contributed by atoms with Gasteiger partial charge in [0.2, 0.25) is 5.91 Å². The Morgan fingerprint density at radius 2 is 2.05 bits per heavy atom. The zero-order chi connectivity index (χ0) is 15.2. The topological polar surface area (TPSA) is 41.1 Å². The van der Waals surface area contributed by atoms with Crippen molar-refractivity contribution < 1.29 is 18.0 Å². The van der Waals surface area contributed by atoms with Crippen LogP contribution in [0.25, 0.3) is 0 Å². The van der Waals surface area contributed by atoms with Crippen molar-refractivity contribution in [2.24, 2.45) is 0 Å². The highest BCUT2D eigenvalue weighted by atomic mass is 19.4. The minimum atomic E-state index is -4.30. The summed E-state index contributed by atoms with van der Waals surface area (Å²) < 4.78 is 35.7. The van der Waals surface area contributed by atoms with E-state index in [2.05, 4.69) is 10.6 Å². The molecule has 1 rings (SSSR count). The van der Waals surface area contributed by atoms with E-state index in [1.165, 1.54) is 0 Å². The number of benzene rings is 1. The van der Waals surface area contributed by atoms with Gasteiger partial charge in [-0.25, -0.2) is 0 Å². The van der Waals surface area contributed by atoms with Crippen LogP contribution in [0.2, 0.25) is 0 Å². The first-order valence-electron chi connectivity index (χ1n) is 6.38. The molecular weight excluding hydrogens is 269 g/mol. The second kappa shape index (κ2) is 7.28. The van der Waals surface area contributed by atoms with E-state index in [1.54, 1.807) is 0 Å². The molecule has 0 bridgehead atoms. The number of hydrogen-bond donors (Lipinski definition) is 2. The lowest BCUT2D eigenvalue weighted by atomic mass is 9.99. The molecule has 112 valence electrons. The van der Waals surface area contributed by atoms with Crippen LogP contribution in [0.5, 0.6) is 0 Å². The standard InChI is InChI=1S/C14H19F3N2O/c1-10-4-3-5-12(6-10)11(2)7-19-13(20)8-18-9-14(15,16)17/h3-6,11,18H,7-9H2,1-2H3,(H,19,20). The average Bonchev–Trinajstić information content (AvgIpc) is 2.34. The van der Waals surface area contributed by atoms with Gasteiger partial charge in [0.25, 0.3) is 0 Å². The predicted octanol–water partition coefficient (Wildman–Crippen LogP) is 2.37. The summed E-state index contributed by atoms with van der Waals surface area (Å²) in [7, 11) is 0. The van der Waals surface area contributed by atoms with E-state index < -0.39 is 18.6 Å². The maximum absolute atomic E-state index is 11.9. The first-order chi connectivity index (χ1) is 9.28. The third-order valence-corrected chi connectivity index (χ3v) is 2.83. The van der Waals surface area contributed by atoms with Crippen molar-refractivity contribution in [1.29, 1.82) is 0 Å². The number of nitrogens with one attached hydrogen (secondary N) is 2. The van der Waals surface area contributed by atoms with Gasteiger partial charge in [0.15, 0.2) is 0 Å². The third kappa shape index (κ3) is 6.56. The molecule has 1 aromatic carbocycles. The minimum absolute atomic E-state index is 0.112. The number of hydrogen-bond acceptors (Lipinski definition) is 2. The van der Waals surface area contributed by atoms with Gasteiger partial charge in [-0.05, 0) is 18.4 Å². The lowest BCUT2D eigenvalue weighted by Gasteiger charge is -2.14. The summed E-state index contributed by atoms with van der Waals surface area (Å²) in [6, 6.07) is 7.91. The number of halogens is 3. The Morgan fingerprint density at radius 3 is 2.65 bits per heavy atom. The number of carbonyl (C=O) groups is 1. The zero-order valence-electron chi connectivity index (χ0n) is 11.6. The maximum Gasteiger partial charge on any atom is 0.401 e. The molecule has 1 aromatic rings. The van der Waals surface area contributed by atoms with Crippen LogP contribution in [-0.4, -0.2) is 31.7 Å². The molecule has 6 heteroatoms. The Balaban J connectivity index is 2.30. The SMILES string of the molecule is Cc1cccc(C(C)CNC(=O)CNCC(F)(F)F)c1. The van der Waals surface area contributed by atoms with Gasteiger partial charge in [-0.3, -0.25) is 4.79 Å². The summed E-state index contributed by atoms with van der Waals surface area (Å²) in [5.74, 6) is -0.324. The smallest absolute Gasteiger partial charge is 0.354 e. The molecule has 0 aliphatic rings. The second-order valence-corrected chi connectivity index (χ2v) is 4.84. The van der Waals surface area contributed by atoms with Gasteiger partial charge in [0.1, 0.15) is 0 Å². The number of aryl methyl sites for hydroxylation is 1. The van der Waals surface area contributed by atoms with Crippen molar-refractivity contribution in [2.75, 3.05) is 19.6 Å². The van der Waals surface area contributed by atoms with Crippen LogP contribution in [0.3, 0.4) is 0 Å². The molecule has 0 aromatic heterocycles. The van der Waals surface area contributed by atoms with Crippen molar-refractivity contribution in [1.82, 2.24) is 10.6 Å². The van der Waals surface area contributed by atoms with E-state index in [0.29, 0.717) is 6.54 Å². The maximum atomic E-state index is 11.9. The summed E-state index contributed by atoms with van der Waals surface area (Å²) >= 11 is 0. The minimum Gasteiger partial charge on any atom is -0.354 e. The number of carbonyl (C=O) groups excluding carboxylic acids is 1. The summed E-state index contributed by atoms with van der Waals surface area (Å²) in [6.45, 7) is 2.85. The zero-order valence-corrected chi connectivity index (χ0v) is 11.6. The Hall–Kier alpha value is -1.56. The highest BCUT2D eigenvalue weighted by Crippen LogP contribution is 2.15. The van der Waals surface area contributed by atoms with Gasteiger partial charge in [-0.2, -0.15) is 13.2 Å². The Kier molecular flexibility index (Phi) is 6.01. The first kappa shape index (κ1) is 16.5. The van der Waals surface area contributed by atoms with Crippen molar-refractivity contribution in [3.05, 3.63) is 35.4 Å². The number of amides is 1. The Bertz CT molecular complexity index is 446. The fraction of sp³-hybridized carbons (Fsp3) is 0.500. The van der Waals surface area contributed by atoms with Crippen molar-refractivity contribution in [2.45, 2.75) is 25.9 Å². The fourth-order valence-corrected chi connectivity index (χ4v) is 1.74. The molecule has 0 radical (unpaired) electrons. The fourth-order valence-electron chi connectivity index (χ4n) is 1.74. The molecule has 1 amide bonds. The highest BCUT2D eigenvalue weighted by molar-refractivity contribution is 5.78. The molecule has 0 aliphatic heterocycles. The lowest BCUT2D eigenvalue weighted by Crippen LogP contribution is -2.39. The third-order valence-electron chi connectivity index (χ3n) is 2.83. The Labute approximate surface area is 116 Å². The van der Waals surface area contributed by atoms with E-state index in [9.17, 15) is 18.0 Å². The largest absolute Gasteiger partial charge is 0.401 e. The monoisotopic (exact) mass is 288 g/mol. The van der Waals surface area contributed by atoms with Crippen LogP contribution in [0.1, 0.15) is 24.0 Å². The second-order valence-electron chi connectivity index (χ2n) is 4.84. The van der Waals surface area contributed by atoms with Gasteiger partial charge in [-0.1, -0.05) is 36.8 Å². The lowest BCUT2D eigenvalue weighted by molar-refractivity contribution is -0.128. The molecule has 0 heterocycles. The van der Waals surface area contributed by atoms with Crippen LogP contribution < -0.4 is 10.6 Å². The van der Waals surface area contributed by atoms with E-state index in [0.717, 1.165) is 11.1 Å². The van der Waals surface area contributed by atoms with Crippen LogP contribution in [0.4, 0.5) is 13.2 Å². The quantitative estimate of drug-likeness (QED) is 0.844. The molecule has 0 saturated heterocycles. The van der Waals surface area contributed by atoms with E-state index in [1.807, 2.05) is 38.1 Å². The van der Waals surface area contributed by atoms with Crippen LogP contribution in [0.15, 0.2) is 24.3 Å². The van der Waals surface area contributed by atoms with E-state index in [4.69, 9.17) is 0 Å². The van der Waals surface area contributed by atoms with Gasteiger partial charge in [-0.15, -0.1) is 0 Å². The van der Waals surface area contributed by atoms with E-state index >= 15 is 0 Å². The van der Waals surface area contributed by atoms with Gasteiger partial charge < -0.3 is 10.6 Å². The molecule has 1 unspecified atom stereocenters. The van der Waals surface area contributed by atoms with Crippen molar-refractivity contribution in [3.63, 3.8) is 0 Å². The molecule has 1 atom stereocenters. The first-order valence-corrected chi connectivity index (χ1v) is 6.38. The summed E-state index contributed by atoms with van der Waals surface area (Å²) in [6.07, 6.45) is -4.30. The average molecular weight is 288 g/mol. The molecule has 2 N–H and O–H groups in total. The van der Waals surface area contributed by atoms with Crippen LogP contribution in [-0.2, 0) is 4.79 Å². The highest BCUT2D eigenvalue weighted by Gasteiger charge is 2.26. The van der Waals surface area contributed by atoms with Crippen LogP contribution >= 0.6 is 0 Å². The van der Waals surface area contributed by atoms with Gasteiger partial charge in [0.05, 0.1) is 13.1 Å². The molecular formula is C14H19F3N2O. The summed E-state index contributed by atoms with van der Waals surface area (Å²) in [5, 5.41) is 4.68. The van der Waals surface area contributed by atoms with Crippen molar-refractivity contribution >= 4 is 5.91 Å². The van der Waals surface area contributed by atoms with Crippen LogP contribution in [0, 0.1) is 6.92 Å². The molecule has 0 spiro atoms. The number of rotatable bonds is 6. The normalized spacial score (nSPS) is 13.1. The summed E-state index contributed by atoms with van der Waals surface area (Å²) in [4.78, 5) is 11.4. The molecule has 3 nitrogen and oxygen atoms in total. The predicted molar refractivity (Wildman–Crippen MR) is 71.5 cm³/mol. The van der Waals surface area contributed by atoms with Gasteiger partial charge in [0, 0.05) is 6.54 Å². The van der Waals surface area contributed by atoms with E-state index in [-0.39, 0.29) is 12.5 Å². The molecule has 0 saturated carbocycles. The molecule has 0 aliphatic carbocycles. The number of alkyl halides is 3. The van der Waals surface area contributed by atoms with Gasteiger partial charge >= 0.3 is 6.18 Å². The summed E-state index contributed by atoms with van der Waals surface area (Å²) in [5.41, 5.74) is 2.22. The van der Waals surface area contributed by atoms with Crippen molar-refractivity contribution in [3.8, 4) is 0 Å². The Morgan fingerprint density at radius 1 is 1.35 bits per heavy atom.